The van der Waals surface area contributed by atoms with Crippen molar-refractivity contribution in [1.29, 1.82) is 0 Å². The first-order valence-electron chi connectivity index (χ1n) is 8.00. The number of ether oxygens (including phenoxy) is 1. The Labute approximate surface area is 145 Å². The fraction of sp³-hybridized carbons (Fsp3) is 0.333. The number of hydrogen-bond donors (Lipinski definition) is 2. The van der Waals surface area contributed by atoms with Crippen molar-refractivity contribution >= 4 is 28.2 Å². The monoisotopic (exact) mass is 344 g/mol. The van der Waals surface area contributed by atoms with Gasteiger partial charge in [-0.25, -0.2) is 0 Å². The molecule has 5 nitrogen and oxygen atoms in total. The van der Waals surface area contributed by atoms with E-state index in [2.05, 4.69) is 10.6 Å². The van der Waals surface area contributed by atoms with Crippen LogP contribution in [-0.2, 0) is 4.79 Å². The van der Waals surface area contributed by atoms with Crippen LogP contribution in [-0.4, -0.2) is 25.0 Å². The molecule has 1 heterocycles. The molecule has 1 aromatic heterocycles. The lowest BCUT2D eigenvalue weighted by molar-refractivity contribution is -0.117. The maximum Gasteiger partial charge on any atom is 0.261 e. The van der Waals surface area contributed by atoms with E-state index in [0.29, 0.717) is 23.0 Å². The van der Waals surface area contributed by atoms with Gasteiger partial charge in [0.05, 0.1) is 16.4 Å². The number of amides is 2. The number of nitrogens with one attached hydrogen (secondary N) is 2. The highest BCUT2D eigenvalue weighted by molar-refractivity contribution is 7.18. The molecule has 0 aliphatic heterocycles. The van der Waals surface area contributed by atoms with Crippen LogP contribution in [0.3, 0.4) is 0 Å². The summed E-state index contributed by atoms with van der Waals surface area (Å²) in [4.78, 5) is 24.4. The number of anilines is 1. The zero-order valence-corrected chi connectivity index (χ0v) is 14.3. The van der Waals surface area contributed by atoms with Crippen molar-refractivity contribution in [2.24, 2.45) is 5.92 Å². The van der Waals surface area contributed by atoms with Gasteiger partial charge in [0.1, 0.15) is 12.4 Å². The largest absolute Gasteiger partial charge is 0.492 e. The third-order valence-electron chi connectivity index (χ3n) is 3.67. The molecule has 126 valence electrons. The molecule has 3 rings (SSSR count). The van der Waals surface area contributed by atoms with Crippen LogP contribution in [0.5, 0.6) is 5.75 Å². The van der Waals surface area contributed by atoms with Gasteiger partial charge in [-0.05, 0) is 49.6 Å². The maximum atomic E-state index is 12.1. The summed E-state index contributed by atoms with van der Waals surface area (Å²) in [6, 6.07) is 11.3. The molecule has 1 saturated carbocycles. The lowest BCUT2D eigenvalue weighted by atomic mass is 10.2. The lowest BCUT2D eigenvalue weighted by Gasteiger charge is -2.07. The molecule has 0 radical (unpaired) electrons. The van der Waals surface area contributed by atoms with Crippen LogP contribution in [0.15, 0.2) is 36.4 Å². The topological polar surface area (TPSA) is 67.4 Å². The summed E-state index contributed by atoms with van der Waals surface area (Å²) in [6.45, 7) is 2.84. The van der Waals surface area contributed by atoms with E-state index in [1.54, 1.807) is 12.1 Å². The van der Waals surface area contributed by atoms with E-state index in [1.807, 2.05) is 31.2 Å². The minimum atomic E-state index is -0.153. The van der Waals surface area contributed by atoms with E-state index in [4.69, 9.17) is 4.74 Å². The second-order valence-corrected chi connectivity index (χ2v) is 6.93. The van der Waals surface area contributed by atoms with Crippen molar-refractivity contribution in [2.75, 3.05) is 18.5 Å². The zero-order chi connectivity index (χ0) is 16.9. The molecule has 0 saturated heterocycles. The minimum Gasteiger partial charge on any atom is -0.492 e. The number of carbonyl (C=O) groups excluding carboxylic acids is 2. The van der Waals surface area contributed by atoms with Crippen LogP contribution in [0.1, 0.15) is 28.1 Å². The number of rotatable bonds is 7. The molecule has 1 aliphatic rings. The third-order valence-corrected chi connectivity index (χ3v) is 4.67. The molecular weight excluding hydrogens is 324 g/mol. The van der Waals surface area contributed by atoms with Gasteiger partial charge in [0.15, 0.2) is 0 Å². The summed E-state index contributed by atoms with van der Waals surface area (Å²) in [6.07, 6.45) is 1.93. The molecule has 2 N–H and O–H groups in total. The Kier molecular flexibility index (Phi) is 5.15. The van der Waals surface area contributed by atoms with Gasteiger partial charge >= 0.3 is 0 Å². The lowest BCUT2D eigenvalue weighted by Crippen LogP contribution is -2.27. The maximum absolute atomic E-state index is 12.1. The predicted molar refractivity (Wildman–Crippen MR) is 94.7 cm³/mol. The Morgan fingerprint density at radius 3 is 2.83 bits per heavy atom. The van der Waals surface area contributed by atoms with Crippen LogP contribution < -0.4 is 15.4 Å². The number of hydrogen-bond acceptors (Lipinski definition) is 4. The molecule has 0 spiro atoms. The Balaban J connectivity index is 1.41. The molecule has 2 aromatic rings. The zero-order valence-electron chi connectivity index (χ0n) is 13.5. The molecule has 1 fully saturated rings. The fourth-order valence-corrected chi connectivity index (χ4v) is 3.05. The highest BCUT2D eigenvalue weighted by Gasteiger charge is 2.29. The van der Waals surface area contributed by atoms with E-state index in [9.17, 15) is 9.59 Å². The molecule has 0 atom stereocenters. The summed E-state index contributed by atoms with van der Waals surface area (Å²) in [5.74, 6) is 0.851. The Morgan fingerprint density at radius 2 is 2.08 bits per heavy atom. The van der Waals surface area contributed by atoms with E-state index >= 15 is 0 Å². The average Bonchev–Trinajstić information content (AvgIpc) is 3.31. The molecule has 6 heteroatoms. The normalized spacial score (nSPS) is 13.4. The summed E-state index contributed by atoms with van der Waals surface area (Å²) in [7, 11) is 0. The standard InChI is InChI=1S/C18H20N2O3S/c1-12-3-2-4-14(11-12)23-10-9-19-18(22)15-7-8-16(24-15)20-17(21)13-5-6-13/h2-4,7-8,11,13H,5-6,9-10H2,1H3,(H,19,22)(H,20,21). The molecule has 0 unspecified atom stereocenters. The molecule has 0 bridgehead atoms. The van der Waals surface area contributed by atoms with Crippen molar-refractivity contribution in [3.05, 3.63) is 46.8 Å². The van der Waals surface area contributed by atoms with E-state index < -0.39 is 0 Å². The minimum absolute atomic E-state index is 0.0513. The van der Waals surface area contributed by atoms with Crippen molar-refractivity contribution in [3.8, 4) is 5.75 Å². The molecular formula is C18H20N2O3S. The first-order chi connectivity index (χ1) is 11.6. The van der Waals surface area contributed by atoms with Gasteiger partial charge < -0.3 is 15.4 Å². The second-order valence-electron chi connectivity index (χ2n) is 5.85. The van der Waals surface area contributed by atoms with Gasteiger partial charge in [0, 0.05) is 5.92 Å². The number of thiophene rings is 1. The van der Waals surface area contributed by atoms with E-state index in [-0.39, 0.29) is 17.7 Å². The Bertz CT molecular complexity index is 737. The second kappa shape index (κ2) is 7.49. The Morgan fingerprint density at radius 1 is 1.25 bits per heavy atom. The average molecular weight is 344 g/mol. The summed E-state index contributed by atoms with van der Waals surface area (Å²) < 4.78 is 5.60. The Hall–Kier alpha value is -2.34. The van der Waals surface area contributed by atoms with Crippen LogP contribution in [0, 0.1) is 12.8 Å². The van der Waals surface area contributed by atoms with Crippen molar-refractivity contribution < 1.29 is 14.3 Å². The summed E-state index contributed by atoms with van der Waals surface area (Å²) >= 11 is 1.29. The van der Waals surface area contributed by atoms with Crippen LogP contribution in [0.25, 0.3) is 0 Å². The predicted octanol–water partition coefficient (Wildman–Crippen LogP) is 3.21. The van der Waals surface area contributed by atoms with Crippen LogP contribution >= 0.6 is 11.3 Å². The molecule has 24 heavy (non-hydrogen) atoms. The SMILES string of the molecule is Cc1cccc(OCCNC(=O)c2ccc(NC(=O)C3CC3)s2)c1. The number of carbonyl (C=O) groups is 2. The molecule has 1 aliphatic carbocycles. The first-order valence-corrected chi connectivity index (χ1v) is 8.82. The van der Waals surface area contributed by atoms with Crippen molar-refractivity contribution in [3.63, 3.8) is 0 Å². The molecule has 1 aromatic carbocycles. The van der Waals surface area contributed by atoms with Crippen LogP contribution in [0.2, 0.25) is 0 Å². The highest BCUT2D eigenvalue weighted by atomic mass is 32.1. The quantitative estimate of drug-likeness (QED) is 0.758. The fourth-order valence-electron chi connectivity index (χ4n) is 2.22. The summed E-state index contributed by atoms with van der Waals surface area (Å²) in [5.41, 5.74) is 1.14. The van der Waals surface area contributed by atoms with Gasteiger partial charge in [0.25, 0.3) is 5.91 Å². The smallest absolute Gasteiger partial charge is 0.261 e. The van der Waals surface area contributed by atoms with Crippen LogP contribution in [0.4, 0.5) is 5.00 Å². The number of benzene rings is 1. The van der Waals surface area contributed by atoms with Gasteiger partial charge in [-0.2, -0.15) is 0 Å². The van der Waals surface area contributed by atoms with Gasteiger partial charge in [-0.3, -0.25) is 9.59 Å². The first kappa shape index (κ1) is 16.5. The van der Waals surface area contributed by atoms with Crippen molar-refractivity contribution in [2.45, 2.75) is 19.8 Å². The third kappa shape index (κ3) is 4.58. The highest BCUT2D eigenvalue weighted by Crippen LogP contribution is 2.31. The number of aryl methyl sites for hydroxylation is 1. The van der Waals surface area contributed by atoms with Gasteiger partial charge in [-0.1, -0.05) is 12.1 Å². The van der Waals surface area contributed by atoms with Gasteiger partial charge in [-0.15, -0.1) is 11.3 Å². The summed E-state index contributed by atoms with van der Waals surface area (Å²) in [5, 5.41) is 6.38. The van der Waals surface area contributed by atoms with Crippen molar-refractivity contribution in [1.82, 2.24) is 5.32 Å². The van der Waals surface area contributed by atoms with E-state index in [0.717, 1.165) is 24.2 Å². The molecule has 2 amide bonds. The van der Waals surface area contributed by atoms with E-state index in [1.165, 1.54) is 11.3 Å². The van der Waals surface area contributed by atoms with Gasteiger partial charge in [0.2, 0.25) is 5.91 Å².